The molecule has 2 aromatic heterocycles. The Kier molecular flexibility index (Phi) is 2.98. The Hall–Kier alpha value is -1.68. The Morgan fingerprint density at radius 2 is 2.12 bits per heavy atom. The largest absolute Gasteiger partial charge is 0.310 e. The predicted molar refractivity (Wildman–Crippen MR) is 68.2 cm³/mol. The molecule has 0 aliphatic rings. The third kappa shape index (κ3) is 2.08. The highest BCUT2D eigenvalue weighted by atomic mass is 15.1. The summed E-state index contributed by atoms with van der Waals surface area (Å²) < 4.78 is 2.08. The summed E-state index contributed by atoms with van der Waals surface area (Å²) in [5.41, 5.74) is 3.07. The van der Waals surface area contributed by atoms with Crippen LogP contribution in [0, 0.1) is 6.92 Å². The molecule has 0 atom stereocenters. The molecule has 0 aliphatic carbocycles. The summed E-state index contributed by atoms with van der Waals surface area (Å²) >= 11 is 0. The molecule has 2 heterocycles. The van der Waals surface area contributed by atoms with Gasteiger partial charge in [-0.3, -0.25) is 9.55 Å². The molecule has 0 saturated carbocycles. The van der Waals surface area contributed by atoms with E-state index in [9.17, 15) is 0 Å². The molecular weight excluding hydrogens is 212 g/mol. The Bertz CT molecular complexity index is 514. The van der Waals surface area contributed by atoms with E-state index in [4.69, 9.17) is 0 Å². The van der Waals surface area contributed by atoms with Crippen LogP contribution in [0.15, 0.2) is 30.9 Å². The molecule has 2 aromatic rings. The third-order valence-electron chi connectivity index (χ3n) is 3.14. The Morgan fingerprint density at radius 3 is 2.76 bits per heavy atom. The topological polar surface area (TPSA) is 42.7 Å². The van der Waals surface area contributed by atoms with E-state index in [-0.39, 0.29) is 5.54 Å². The van der Waals surface area contributed by atoms with Crippen molar-refractivity contribution < 1.29 is 0 Å². The second-order valence-electron chi connectivity index (χ2n) is 4.63. The molecule has 2 rings (SSSR count). The Labute approximate surface area is 102 Å². The quantitative estimate of drug-likeness (QED) is 0.877. The molecule has 0 saturated heterocycles. The van der Waals surface area contributed by atoms with Crippen molar-refractivity contribution in [3.8, 4) is 5.69 Å². The zero-order valence-electron chi connectivity index (χ0n) is 10.7. The second-order valence-corrected chi connectivity index (χ2v) is 4.63. The maximum absolute atomic E-state index is 4.32. The lowest BCUT2D eigenvalue weighted by Gasteiger charge is -2.25. The van der Waals surface area contributed by atoms with Crippen LogP contribution in [0.3, 0.4) is 0 Å². The third-order valence-corrected chi connectivity index (χ3v) is 3.14. The highest BCUT2D eigenvalue weighted by molar-refractivity contribution is 5.38. The maximum atomic E-state index is 4.32. The first-order valence-electron chi connectivity index (χ1n) is 5.70. The van der Waals surface area contributed by atoms with Crippen molar-refractivity contribution in [3.63, 3.8) is 0 Å². The van der Waals surface area contributed by atoms with E-state index in [1.165, 1.54) is 0 Å². The normalized spacial score (nSPS) is 11.8. The fourth-order valence-corrected chi connectivity index (χ4v) is 1.81. The van der Waals surface area contributed by atoms with E-state index < -0.39 is 0 Å². The van der Waals surface area contributed by atoms with Gasteiger partial charge in [0.15, 0.2) is 0 Å². The summed E-state index contributed by atoms with van der Waals surface area (Å²) in [7, 11) is 1.95. The van der Waals surface area contributed by atoms with Gasteiger partial charge in [0.25, 0.3) is 0 Å². The van der Waals surface area contributed by atoms with Crippen LogP contribution >= 0.6 is 0 Å². The molecule has 0 aliphatic heterocycles. The van der Waals surface area contributed by atoms with Gasteiger partial charge in [-0.2, -0.15) is 0 Å². The van der Waals surface area contributed by atoms with Crippen LogP contribution in [0.25, 0.3) is 5.69 Å². The van der Waals surface area contributed by atoms with E-state index in [1.54, 1.807) is 6.20 Å². The maximum Gasteiger partial charge on any atom is 0.0995 e. The molecule has 90 valence electrons. The molecule has 0 aromatic carbocycles. The first-order chi connectivity index (χ1) is 8.06. The summed E-state index contributed by atoms with van der Waals surface area (Å²) in [6, 6.07) is 4.00. The lowest BCUT2D eigenvalue weighted by molar-refractivity contribution is 0.424. The first-order valence-corrected chi connectivity index (χ1v) is 5.70. The van der Waals surface area contributed by atoms with Crippen LogP contribution < -0.4 is 5.32 Å². The summed E-state index contributed by atoms with van der Waals surface area (Å²) in [4.78, 5) is 8.56. The minimum atomic E-state index is -0.126. The summed E-state index contributed by atoms with van der Waals surface area (Å²) in [6.45, 7) is 6.27. The highest BCUT2D eigenvalue weighted by Gasteiger charge is 2.23. The molecule has 0 fully saturated rings. The standard InChI is InChI=1S/C13H18N4/c1-10-11(6-5-7-16-10)17-9-15-8-12(17)13(2,3)14-4/h5-9,14H,1-4H3. The zero-order chi connectivity index (χ0) is 12.5. The predicted octanol–water partition coefficient (Wildman–Crippen LogP) is 2.03. The first kappa shape index (κ1) is 11.8. The number of pyridine rings is 1. The van der Waals surface area contributed by atoms with Crippen LogP contribution in [0.2, 0.25) is 0 Å². The van der Waals surface area contributed by atoms with Crippen molar-refractivity contribution >= 4 is 0 Å². The van der Waals surface area contributed by atoms with Crippen LogP contribution in [-0.4, -0.2) is 21.6 Å². The number of nitrogens with one attached hydrogen (secondary N) is 1. The van der Waals surface area contributed by atoms with Gasteiger partial charge in [0, 0.05) is 6.20 Å². The van der Waals surface area contributed by atoms with Gasteiger partial charge >= 0.3 is 0 Å². The summed E-state index contributed by atoms with van der Waals surface area (Å²) in [5, 5.41) is 3.29. The van der Waals surface area contributed by atoms with E-state index in [0.29, 0.717) is 0 Å². The van der Waals surface area contributed by atoms with Gasteiger partial charge < -0.3 is 5.32 Å². The number of nitrogens with zero attached hydrogens (tertiary/aromatic N) is 3. The fraction of sp³-hybridized carbons (Fsp3) is 0.385. The number of hydrogen-bond donors (Lipinski definition) is 1. The number of aryl methyl sites for hydroxylation is 1. The summed E-state index contributed by atoms with van der Waals surface area (Å²) in [6.07, 6.45) is 5.53. The van der Waals surface area contributed by atoms with E-state index in [1.807, 2.05) is 32.6 Å². The van der Waals surface area contributed by atoms with Gasteiger partial charge in [-0.05, 0) is 40.0 Å². The lowest BCUT2D eigenvalue weighted by Crippen LogP contribution is -2.35. The molecule has 1 N–H and O–H groups in total. The molecule has 0 amide bonds. The monoisotopic (exact) mass is 230 g/mol. The number of imidazole rings is 1. The van der Waals surface area contributed by atoms with Crippen molar-refractivity contribution in [2.75, 3.05) is 7.05 Å². The van der Waals surface area contributed by atoms with Crippen LogP contribution in [-0.2, 0) is 5.54 Å². The van der Waals surface area contributed by atoms with Gasteiger partial charge in [-0.25, -0.2) is 4.98 Å². The highest BCUT2D eigenvalue weighted by Crippen LogP contribution is 2.23. The average Bonchev–Trinajstić information content (AvgIpc) is 2.79. The van der Waals surface area contributed by atoms with Crippen molar-refractivity contribution in [2.24, 2.45) is 0 Å². The SMILES string of the molecule is CNC(C)(C)c1cncn1-c1cccnc1C. The second kappa shape index (κ2) is 4.30. The minimum Gasteiger partial charge on any atom is -0.310 e. The smallest absolute Gasteiger partial charge is 0.0995 e. The minimum absolute atomic E-state index is 0.126. The average molecular weight is 230 g/mol. The van der Waals surface area contributed by atoms with Gasteiger partial charge in [0.05, 0.1) is 35.1 Å². The van der Waals surface area contributed by atoms with Crippen molar-refractivity contribution in [1.29, 1.82) is 0 Å². The van der Waals surface area contributed by atoms with Gasteiger partial charge in [0.2, 0.25) is 0 Å². The van der Waals surface area contributed by atoms with E-state index >= 15 is 0 Å². The Balaban J connectivity index is 2.56. The van der Waals surface area contributed by atoms with Crippen LogP contribution in [0.5, 0.6) is 0 Å². The molecule has 0 radical (unpaired) electrons. The van der Waals surface area contributed by atoms with Crippen molar-refractivity contribution in [3.05, 3.63) is 42.2 Å². The zero-order valence-corrected chi connectivity index (χ0v) is 10.7. The fourth-order valence-electron chi connectivity index (χ4n) is 1.81. The van der Waals surface area contributed by atoms with Crippen LogP contribution in [0.4, 0.5) is 0 Å². The Morgan fingerprint density at radius 1 is 1.35 bits per heavy atom. The molecule has 4 nitrogen and oxygen atoms in total. The van der Waals surface area contributed by atoms with Crippen molar-refractivity contribution in [1.82, 2.24) is 19.9 Å². The molecule has 0 bridgehead atoms. The summed E-state index contributed by atoms with van der Waals surface area (Å²) in [5.74, 6) is 0. The molecule has 0 spiro atoms. The number of rotatable bonds is 3. The lowest BCUT2D eigenvalue weighted by atomic mass is 10.0. The van der Waals surface area contributed by atoms with E-state index in [0.717, 1.165) is 17.1 Å². The number of hydrogen-bond acceptors (Lipinski definition) is 3. The molecule has 17 heavy (non-hydrogen) atoms. The molecule has 0 unspecified atom stereocenters. The van der Waals surface area contributed by atoms with E-state index in [2.05, 4.69) is 39.8 Å². The van der Waals surface area contributed by atoms with Crippen molar-refractivity contribution in [2.45, 2.75) is 26.3 Å². The van der Waals surface area contributed by atoms with Gasteiger partial charge in [-0.1, -0.05) is 0 Å². The van der Waals surface area contributed by atoms with Gasteiger partial charge in [0.1, 0.15) is 0 Å². The molecular formula is C13H18N4. The van der Waals surface area contributed by atoms with Crippen LogP contribution in [0.1, 0.15) is 25.2 Å². The number of aromatic nitrogens is 3. The van der Waals surface area contributed by atoms with Gasteiger partial charge in [-0.15, -0.1) is 0 Å². The molecule has 4 heteroatoms.